The number of hydrogen-bond donors (Lipinski definition) is 0. The van der Waals surface area contributed by atoms with E-state index in [0.717, 1.165) is 5.69 Å². The van der Waals surface area contributed by atoms with Crippen LogP contribution >= 0.6 is 23.2 Å². The quantitative estimate of drug-likeness (QED) is 0.507. The smallest absolute Gasteiger partial charge is 0.340 e. The molecule has 0 spiro atoms. The van der Waals surface area contributed by atoms with Crippen LogP contribution in [0.2, 0.25) is 10.0 Å². The van der Waals surface area contributed by atoms with E-state index in [1.165, 1.54) is 0 Å². The molecule has 7 heteroatoms. The molecule has 2 aromatic carbocycles. The number of azo groups is 1. The van der Waals surface area contributed by atoms with Gasteiger partial charge in [0.25, 0.3) is 0 Å². The molecule has 5 nitrogen and oxygen atoms in total. The Morgan fingerprint density at radius 3 is 2.46 bits per heavy atom. The molecule has 0 aliphatic rings. The summed E-state index contributed by atoms with van der Waals surface area (Å²) in [6.07, 6.45) is 0. The fourth-order valence-corrected chi connectivity index (χ4v) is 2.25. The molecule has 0 aliphatic carbocycles. The van der Waals surface area contributed by atoms with E-state index in [2.05, 4.69) is 10.2 Å². The molecule has 2 aromatic rings. The Kier molecular flexibility index (Phi) is 6.17. The first-order chi connectivity index (χ1) is 11.4. The standard InChI is InChI=1S/C17H17Cl2N3O2/c1-4-24-17(23)13-10-12(22(2)3)6-8-15(13)20-21-16-9-11(18)5-7-14(16)19/h5-10H,4H2,1-3H3. The van der Waals surface area contributed by atoms with Crippen molar-refractivity contribution in [1.29, 1.82) is 0 Å². The van der Waals surface area contributed by atoms with Crippen LogP contribution in [0.1, 0.15) is 17.3 Å². The van der Waals surface area contributed by atoms with Gasteiger partial charge in [0.15, 0.2) is 0 Å². The molecule has 0 saturated carbocycles. The zero-order valence-corrected chi connectivity index (χ0v) is 15.1. The molecule has 24 heavy (non-hydrogen) atoms. The van der Waals surface area contributed by atoms with E-state index in [4.69, 9.17) is 27.9 Å². The molecule has 0 amide bonds. The van der Waals surface area contributed by atoms with Crippen LogP contribution in [0.25, 0.3) is 0 Å². The van der Waals surface area contributed by atoms with Crippen LogP contribution in [0, 0.1) is 0 Å². The summed E-state index contributed by atoms with van der Waals surface area (Å²) in [5, 5.41) is 9.17. The summed E-state index contributed by atoms with van der Waals surface area (Å²) in [7, 11) is 3.77. The Hall–Kier alpha value is -2.11. The lowest BCUT2D eigenvalue weighted by atomic mass is 10.1. The minimum atomic E-state index is -0.452. The molecule has 0 saturated heterocycles. The predicted octanol–water partition coefficient (Wildman–Crippen LogP) is 5.65. The molecule has 0 aliphatic heterocycles. The predicted molar refractivity (Wildman–Crippen MR) is 97.4 cm³/mol. The number of carbonyl (C=O) groups excluding carboxylic acids is 1. The molecule has 0 bridgehead atoms. The third-order valence-electron chi connectivity index (χ3n) is 3.17. The first-order valence-electron chi connectivity index (χ1n) is 7.27. The van der Waals surface area contributed by atoms with Gasteiger partial charge >= 0.3 is 5.97 Å². The maximum absolute atomic E-state index is 12.2. The number of carbonyl (C=O) groups is 1. The van der Waals surface area contributed by atoms with Gasteiger partial charge < -0.3 is 9.64 Å². The van der Waals surface area contributed by atoms with Gasteiger partial charge in [0, 0.05) is 24.8 Å². The second kappa shape index (κ2) is 8.13. The van der Waals surface area contributed by atoms with Gasteiger partial charge in [-0.25, -0.2) is 4.79 Å². The van der Waals surface area contributed by atoms with Crippen LogP contribution in [0.5, 0.6) is 0 Å². The molecular weight excluding hydrogens is 349 g/mol. The fraction of sp³-hybridized carbons (Fsp3) is 0.235. The van der Waals surface area contributed by atoms with Crippen molar-refractivity contribution in [3.63, 3.8) is 0 Å². The lowest BCUT2D eigenvalue weighted by molar-refractivity contribution is 0.0527. The van der Waals surface area contributed by atoms with Crippen LogP contribution in [-0.2, 0) is 4.74 Å². The minimum Gasteiger partial charge on any atom is -0.462 e. The van der Waals surface area contributed by atoms with Crippen LogP contribution in [0.4, 0.5) is 17.1 Å². The molecule has 0 aromatic heterocycles. The second-order valence-electron chi connectivity index (χ2n) is 5.11. The van der Waals surface area contributed by atoms with Crippen molar-refractivity contribution in [3.05, 3.63) is 52.0 Å². The number of anilines is 1. The SMILES string of the molecule is CCOC(=O)c1cc(N(C)C)ccc1N=Nc1cc(Cl)ccc1Cl. The summed E-state index contributed by atoms with van der Waals surface area (Å²) in [5.41, 5.74) is 2.02. The summed E-state index contributed by atoms with van der Waals surface area (Å²) in [6, 6.07) is 10.2. The Labute approximate surface area is 150 Å². The van der Waals surface area contributed by atoms with E-state index in [1.807, 2.05) is 25.1 Å². The summed E-state index contributed by atoms with van der Waals surface area (Å²) in [5.74, 6) is -0.452. The van der Waals surface area contributed by atoms with Gasteiger partial charge in [0.1, 0.15) is 11.4 Å². The molecule has 0 heterocycles. The number of hydrogen-bond acceptors (Lipinski definition) is 5. The zero-order valence-electron chi connectivity index (χ0n) is 13.6. The van der Waals surface area contributed by atoms with Crippen molar-refractivity contribution in [1.82, 2.24) is 0 Å². The van der Waals surface area contributed by atoms with Gasteiger partial charge in [0.05, 0.1) is 17.2 Å². The van der Waals surface area contributed by atoms with Gasteiger partial charge in [-0.1, -0.05) is 23.2 Å². The number of ether oxygens (including phenoxy) is 1. The normalized spacial score (nSPS) is 10.9. The highest BCUT2D eigenvalue weighted by Crippen LogP contribution is 2.31. The number of benzene rings is 2. The molecule has 0 atom stereocenters. The van der Waals surface area contributed by atoms with E-state index < -0.39 is 5.97 Å². The monoisotopic (exact) mass is 365 g/mol. The molecular formula is C17H17Cl2N3O2. The first-order valence-corrected chi connectivity index (χ1v) is 8.03. The topological polar surface area (TPSA) is 54.3 Å². The Bertz CT molecular complexity index is 776. The van der Waals surface area contributed by atoms with Crippen molar-refractivity contribution in [2.75, 3.05) is 25.6 Å². The van der Waals surface area contributed by atoms with Crippen LogP contribution in [0.3, 0.4) is 0 Å². The van der Waals surface area contributed by atoms with Crippen molar-refractivity contribution in [2.45, 2.75) is 6.92 Å². The fourth-order valence-electron chi connectivity index (χ4n) is 1.93. The Balaban J connectivity index is 2.43. The molecule has 0 radical (unpaired) electrons. The van der Waals surface area contributed by atoms with Crippen molar-refractivity contribution in [2.24, 2.45) is 10.2 Å². The molecule has 2 rings (SSSR count). The highest BCUT2D eigenvalue weighted by Gasteiger charge is 2.14. The number of rotatable bonds is 5. The van der Waals surface area contributed by atoms with Crippen molar-refractivity contribution >= 4 is 46.2 Å². The molecule has 0 unspecified atom stereocenters. The number of esters is 1. The van der Waals surface area contributed by atoms with Gasteiger partial charge in [-0.2, -0.15) is 0 Å². The second-order valence-corrected chi connectivity index (χ2v) is 5.96. The highest BCUT2D eigenvalue weighted by atomic mass is 35.5. The molecule has 0 N–H and O–H groups in total. The summed E-state index contributed by atoms with van der Waals surface area (Å²) in [6.45, 7) is 2.03. The van der Waals surface area contributed by atoms with Gasteiger partial charge in [-0.05, 0) is 43.3 Å². The minimum absolute atomic E-state index is 0.279. The molecule has 0 fully saturated rings. The van der Waals surface area contributed by atoms with Gasteiger partial charge in [-0.15, -0.1) is 10.2 Å². The van der Waals surface area contributed by atoms with Crippen molar-refractivity contribution in [3.8, 4) is 0 Å². The third kappa shape index (κ3) is 4.46. The Morgan fingerprint density at radius 2 is 1.79 bits per heavy atom. The maximum Gasteiger partial charge on any atom is 0.340 e. The lowest BCUT2D eigenvalue weighted by Gasteiger charge is -2.14. The Morgan fingerprint density at radius 1 is 1.08 bits per heavy atom. The van der Waals surface area contributed by atoms with Gasteiger partial charge in [0.2, 0.25) is 0 Å². The summed E-state index contributed by atoms with van der Waals surface area (Å²) < 4.78 is 5.09. The van der Waals surface area contributed by atoms with Gasteiger partial charge in [-0.3, -0.25) is 0 Å². The van der Waals surface area contributed by atoms with Crippen LogP contribution in [-0.4, -0.2) is 26.7 Å². The summed E-state index contributed by atoms with van der Waals surface area (Å²) >= 11 is 12.0. The maximum atomic E-state index is 12.2. The lowest BCUT2D eigenvalue weighted by Crippen LogP contribution is -2.11. The van der Waals surface area contributed by atoms with E-state index in [0.29, 0.717) is 27.0 Å². The average molecular weight is 366 g/mol. The number of nitrogens with zero attached hydrogens (tertiary/aromatic N) is 3. The largest absolute Gasteiger partial charge is 0.462 e. The van der Waals surface area contributed by atoms with Crippen LogP contribution < -0.4 is 4.90 Å². The van der Waals surface area contributed by atoms with E-state index in [-0.39, 0.29) is 6.61 Å². The van der Waals surface area contributed by atoms with Crippen LogP contribution in [0.15, 0.2) is 46.6 Å². The zero-order chi connectivity index (χ0) is 17.7. The van der Waals surface area contributed by atoms with E-state index >= 15 is 0 Å². The summed E-state index contributed by atoms with van der Waals surface area (Å²) in [4.78, 5) is 14.1. The van der Waals surface area contributed by atoms with E-state index in [1.54, 1.807) is 37.3 Å². The third-order valence-corrected chi connectivity index (χ3v) is 3.72. The highest BCUT2D eigenvalue weighted by molar-refractivity contribution is 6.35. The van der Waals surface area contributed by atoms with E-state index in [9.17, 15) is 4.79 Å². The average Bonchev–Trinajstić information content (AvgIpc) is 2.55. The molecule has 126 valence electrons. The first kappa shape index (κ1) is 18.2. The van der Waals surface area contributed by atoms with Crippen molar-refractivity contribution < 1.29 is 9.53 Å². The number of halogens is 2.